The number of carbonyl (C=O) groups is 2. The van der Waals surface area contributed by atoms with Crippen molar-refractivity contribution in [2.24, 2.45) is 5.10 Å². The Hall–Kier alpha value is -3.20. The van der Waals surface area contributed by atoms with Gasteiger partial charge >= 0.3 is 11.3 Å². The van der Waals surface area contributed by atoms with Crippen LogP contribution in [-0.2, 0) is 11.3 Å². The molecule has 0 bridgehead atoms. The number of hydrogen-bond donors (Lipinski definition) is 1. The van der Waals surface area contributed by atoms with Crippen LogP contribution >= 0.6 is 11.8 Å². The van der Waals surface area contributed by atoms with Crippen LogP contribution in [0.25, 0.3) is 0 Å². The van der Waals surface area contributed by atoms with Gasteiger partial charge in [0.25, 0.3) is 0 Å². The molecule has 0 unspecified atom stereocenters. The van der Waals surface area contributed by atoms with E-state index in [1.54, 1.807) is 32.4 Å². The van der Waals surface area contributed by atoms with Crippen molar-refractivity contribution in [3.63, 3.8) is 0 Å². The maximum Gasteiger partial charge on any atom is 0.411 e. The smallest absolute Gasteiger partial charge is 0.411 e. The van der Waals surface area contributed by atoms with E-state index in [1.807, 2.05) is 24.3 Å². The molecule has 2 aromatic carbocycles. The van der Waals surface area contributed by atoms with Crippen molar-refractivity contribution < 1.29 is 23.8 Å². The van der Waals surface area contributed by atoms with Gasteiger partial charge in [-0.15, -0.1) is 0 Å². The third-order valence-corrected chi connectivity index (χ3v) is 5.07. The SMILES string of the molecule is COC(=O)Nc1cccc(CN2N=C(c3ccc(OC)c(OC)c3)CSC2=O)c1. The summed E-state index contributed by atoms with van der Waals surface area (Å²) in [5, 5.41) is 8.42. The average molecular weight is 415 g/mol. The van der Waals surface area contributed by atoms with Gasteiger partial charge < -0.3 is 14.2 Å². The van der Waals surface area contributed by atoms with Gasteiger partial charge in [-0.3, -0.25) is 10.1 Å². The maximum atomic E-state index is 12.4. The standard InChI is InChI=1S/C20H21N3O5S/c1-26-17-8-7-14(10-18(17)27-2)16-12-29-20(25)23(22-16)11-13-5-4-6-15(9-13)21-19(24)28-3/h4-10H,11-12H2,1-3H3,(H,21,24). The van der Waals surface area contributed by atoms with E-state index in [4.69, 9.17) is 9.47 Å². The van der Waals surface area contributed by atoms with E-state index >= 15 is 0 Å². The van der Waals surface area contributed by atoms with Gasteiger partial charge in [-0.05, 0) is 35.9 Å². The number of benzene rings is 2. The summed E-state index contributed by atoms with van der Waals surface area (Å²) in [5.74, 6) is 1.69. The van der Waals surface area contributed by atoms with E-state index in [0.717, 1.165) is 16.8 Å². The molecule has 29 heavy (non-hydrogen) atoms. The summed E-state index contributed by atoms with van der Waals surface area (Å²) in [6.45, 7) is 0.277. The minimum atomic E-state index is -0.555. The zero-order chi connectivity index (χ0) is 20.8. The van der Waals surface area contributed by atoms with Crippen LogP contribution < -0.4 is 14.8 Å². The molecule has 2 aromatic rings. The molecule has 0 saturated carbocycles. The largest absolute Gasteiger partial charge is 0.493 e. The molecule has 2 amide bonds. The minimum absolute atomic E-state index is 0.138. The Kier molecular flexibility index (Phi) is 6.61. The highest BCUT2D eigenvalue weighted by molar-refractivity contribution is 8.14. The number of thioether (sulfide) groups is 1. The van der Waals surface area contributed by atoms with Crippen LogP contribution in [0.3, 0.4) is 0 Å². The Morgan fingerprint density at radius 1 is 1.14 bits per heavy atom. The fourth-order valence-corrected chi connectivity index (χ4v) is 3.50. The molecule has 1 N–H and O–H groups in total. The Morgan fingerprint density at radius 2 is 1.93 bits per heavy atom. The molecule has 0 fully saturated rings. The van der Waals surface area contributed by atoms with Crippen molar-refractivity contribution in [3.8, 4) is 11.5 Å². The Morgan fingerprint density at radius 3 is 2.66 bits per heavy atom. The number of hydrogen-bond acceptors (Lipinski definition) is 7. The number of methoxy groups -OCH3 is 3. The molecule has 1 aliphatic heterocycles. The van der Waals surface area contributed by atoms with E-state index in [-0.39, 0.29) is 11.8 Å². The third kappa shape index (κ3) is 5.00. The van der Waals surface area contributed by atoms with Gasteiger partial charge in [0.15, 0.2) is 11.5 Å². The Bertz CT molecular complexity index is 947. The number of rotatable bonds is 6. The van der Waals surface area contributed by atoms with Gasteiger partial charge in [-0.25, -0.2) is 9.80 Å². The van der Waals surface area contributed by atoms with Gasteiger partial charge in [-0.2, -0.15) is 5.10 Å². The van der Waals surface area contributed by atoms with Gasteiger partial charge in [-0.1, -0.05) is 23.9 Å². The summed E-state index contributed by atoms with van der Waals surface area (Å²) in [4.78, 5) is 23.7. The molecule has 8 nitrogen and oxygen atoms in total. The number of nitrogens with zero attached hydrogens (tertiary/aromatic N) is 2. The second-order valence-electron chi connectivity index (χ2n) is 6.05. The molecule has 0 aliphatic carbocycles. The van der Waals surface area contributed by atoms with Gasteiger partial charge in [0, 0.05) is 17.0 Å². The lowest BCUT2D eigenvalue weighted by molar-refractivity contribution is 0.187. The summed E-state index contributed by atoms with van der Waals surface area (Å²) < 4.78 is 15.2. The summed E-state index contributed by atoms with van der Waals surface area (Å²) >= 11 is 1.18. The molecule has 0 aromatic heterocycles. The highest BCUT2D eigenvalue weighted by Gasteiger charge is 2.23. The van der Waals surface area contributed by atoms with Crippen LogP contribution in [0.2, 0.25) is 0 Å². The first-order valence-electron chi connectivity index (χ1n) is 8.72. The van der Waals surface area contributed by atoms with Crippen molar-refractivity contribution in [3.05, 3.63) is 53.6 Å². The quantitative estimate of drug-likeness (QED) is 0.768. The molecule has 9 heteroatoms. The third-order valence-electron chi connectivity index (χ3n) is 4.19. The van der Waals surface area contributed by atoms with Crippen molar-refractivity contribution in [2.75, 3.05) is 32.4 Å². The molecule has 1 aliphatic rings. The van der Waals surface area contributed by atoms with Crippen LogP contribution in [0.5, 0.6) is 11.5 Å². The van der Waals surface area contributed by atoms with Crippen LogP contribution in [0.4, 0.5) is 15.3 Å². The first kappa shape index (κ1) is 20.5. The van der Waals surface area contributed by atoms with E-state index in [9.17, 15) is 9.59 Å². The zero-order valence-corrected chi connectivity index (χ0v) is 17.1. The average Bonchev–Trinajstić information content (AvgIpc) is 2.75. The minimum Gasteiger partial charge on any atom is -0.493 e. The number of anilines is 1. The fourth-order valence-electron chi connectivity index (χ4n) is 2.77. The first-order valence-corrected chi connectivity index (χ1v) is 9.70. The number of ether oxygens (including phenoxy) is 3. The van der Waals surface area contributed by atoms with E-state index < -0.39 is 6.09 Å². The molecule has 0 spiro atoms. The van der Waals surface area contributed by atoms with Crippen molar-refractivity contribution in [1.82, 2.24) is 5.01 Å². The topological polar surface area (TPSA) is 89.5 Å². The van der Waals surface area contributed by atoms with Crippen molar-refractivity contribution in [1.29, 1.82) is 0 Å². The fraction of sp³-hybridized carbons (Fsp3) is 0.250. The molecular weight excluding hydrogens is 394 g/mol. The maximum absolute atomic E-state index is 12.4. The van der Waals surface area contributed by atoms with Crippen LogP contribution in [-0.4, -0.2) is 49.1 Å². The van der Waals surface area contributed by atoms with E-state index in [0.29, 0.717) is 22.9 Å². The molecule has 0 saturated heterocycles. The number of carbonyl (C=O) groups excluding carboxylic acids is 2. The molecule has 3 rings (SSSR count). The van der Waals surface area contributed by atoms with Crippen molar-refractivity contribution >= 4 is 34.5 Å². The van der Waals surface area contributed by atoms with Crippen LogP contribution in [0.15, 0.2) is 47.6 Å². The molecule has 0 radical (unpaired) electrons. The van der Waals surface area contributed by atoms with Crippen LogP contribution in [0, 0.1) is 0 Å². The van der Waals surface area contributed by atoms with E-state index in [2.05, 4.69) is 15.2 Å². The lowest BCUT2D eigenvalue weighted by Gasteiger charge is -2.23. The molecule has 0 atom stereocenters. The Balaban J connectivity index is 1.82. The second kappa shape index (κ2) is 9.33. The monoisotopic (exact) mass is 415 g/mol. The van der Waals surface area contributed by atoms with Crippen LogP contribution in [0.1, 0.15) is 11.1 Å². The summed E-state index contributed by atoms with van der Waals surface area (Å²) in [5.41, 5.74) is 3.02. The van der Waals surface area contributed by atoms with Gasteiger partial charge in [0.1, 0.15) is 0 Å². The Labute approximate surface area is 172 Å². The van der Waals surface area contributed by atoms with Gasteiger partial charge in [0.2, 0.25) is 0 Å². The normalized spacial score (nSPS) is 13.6. The van der Waals surface area contributed by atoms with Gasteiger partial charge in [0.05, 0.1) is 33.6 Å². The lowest BCUT2D eigenvalue weighted by atomic mass is 10.1. The highest BCUT2D eigenvalue weighted by atomic mass is 32.2. The molecule has 152 valence electrons. The van der Waals surface area contributed by atoms with E-state index in [1.165, 1.54) is 23.9 Å². The molecule has 1 heterocycles. The first-order chi connectivity index (χ1) is 14.0. The zero-order valence-electron chi connectivity index (χ0n) is 16.3. The number of amides is 2. The summed E-state index contributed by atoms with van der Waals surface area (Å²) in [6, 6.07) is 12.7. The summed E-state index contributed by atoms with van der Waals surface area (Å²) in [6.07, 6.45) is -0.555. The highest BCUT2D eigenvalue weighted by Crippen LogP contribution is 2.30. The number of nitrogens with one attached hydrogen (secondary N) is 1. The molecular formula is C20H21N3O5S. The summed E-state index contributed by atoms with van der Waals surface area (Å²) in [7, 11) is 4.45. The second-order valence-corrected chi connectivity index (χ2v) is 6.97. The predicted octanol–water partition coefficient (Wildman–Crippen LogP) is 3.96. The number of hydrazone groups is 1. The van der Waals surface area contributed by atoms with Crippen molar-refractivity contribution in [2.45, 2.75) is 6.54 Å². The lowest BCUT2D eigenvalue weighted by Crippen LogP contribution is -2.29. The predicted molar refractivity (Wildman–Crippen MR) is 112 cm³/mol.